The van der Waals surface area contributed by atoms with Crippen molar-refractivity contribution in [2.45, 2.75) is 71.6 Å². The molecule has 0 atom stereocenters. The second-order valence-corrected chi connectivity index (χ2v) is 4.88. The highest BCUT2D eigenvalue weighted by Gasteiger charge is 1.95. The van der Waals surface area contributed by atoms with Gasteiger partial charge in [-0.05, 0) is 13.3 Å². The summed E-state index contributed by atoms with van der Waals surface area (Å²) in [4.78, 5) is 0. The number of hydrogen-bond acceptors (Lipinski definition) is 2. The van der Waals surface area contributed by atoms with Crippen LogP contribution in [-0.2, 0) is 0 Å². The number of guanidine groups is 1. The maximum absolute atomic E-state index is 7.47. The molecule has 0 fully saturated rings. The van der Waals surface area contributed by atoms with Gasteiger partial charge in [-0.3, -0.25) is 10.8 Å². The van der Waals surface area contributed by atoms with Crippen molar-refractivity contribution in [1.82, 2.24) is 10.6 Å². The lowest BCUT2D eigenvalue weighted by atomic mass is 10.1. The minimum Gasteiger partial charge on any atom is -0.356 e. The highest BCUT2D eigenvalue weighted by molar-refractivity contribution is 5.95. The third-order valence-electron chi connectivity index (χ3n) is 2.89. The van der Waals surface area contributed by atoms with E-state index in [0.29, 0.717) is 5.84 Å². The van der Waals surface area contributed by atoms with Gasteiger partial charge in [-0.1, -0.05) is 58.3 Å². The van der Waals surface area contributed by atoms with Crippen LogP contribution in [0.1, 0.15) is 71.6 Å². The molecule has 106 valence electrons. The summed E-state index contributed by atoms with van der Waals surface area (Å²) in [5.41, 5.74) is 0. The molecule has 4 nitrogen and oxygen atoms in total. The van der Waals surface area contributed by atoms with Crippen LogP contribution in [0.2, 0.25) is 0 Å². The van der Waals surface area contributed by atoms with Crippen molar-refractivity contribution in [1.29, 1.82) is 10.8 Å². The first-order valence-corrected chi connectivity index (χ1v) is 7.31. The smallest absolute Gasteiger partial charge is 0.193 e. The van der Waals surface area contributed by atoms with Crippen molar-refractivity contribution in [2.24, 2.45) is 0 Å². The zero-order chi connectivity index (χ0) is 13.6. The van der Waals surface area contributed by atoms with E-state index in [1.807, 2.05) is 0 Å². The van der Waals surface area contributed by atoms with Crippen LogP contribution in [0.25, 0.3) is 0 Å². The van der Waals surface area contributed by atoms with E-state index in [-0.39, 0.29) is 5.96 Å². The van der Waals surface area contributed by atoms with Crippen LogP contribution < -0.4 is 10.6 Å². The van der Waals surface area contributed by atoms with E-state index in [0.717, 1.165) is 13.0 Å². The van der Waals surface area contributed by atoms with Crippen molar-refractivity contribution in [3.8, 4) is 0 Å². The van der Waals surface area contributed by atoms with Crippen LogP contribution in [0.5, 0.6) is 0 Å². The highest BCUT2D eigenvalue weighted by atomic mass is 15.1. The summed E-state index contributed by atoms with van der Waals surface area (Å²) in [6, 6.07) is 0. The largest absolute Gasteiger partial charge is 0.356 e. The molecule has 0 aromatic rings. The molecule has 0 aromatic carbocycles. The molecule has 0 aromatic heterocycles. The summed E-state index contributed by atoms with van der Waals surface area (Å²) in [7, 11) is 0. The molecule has 0 unspecified atom stereocenters. The van der Waals surface area contributed by atoms with E-state index in [1.54, 1.807) is 6.92 Å². The van der Waals surface area contributed by atoms with Crippen molar-refractivity contribution in [3.63, 3.8) is 0 Å². The molecule has 0 saturated heterocycles. The first kappa shape index (κ1) is 16.9. The molecular weight excluding hydrogens is 224 g/mol. The number of hydrogen-bond donors (Lipinski definition) is 4. The number of amidine groups is 1. The summed E-state index contributed by atoms with van der Waals surface area (Å²) < 4.78 is 0. The molecule has 4 heteroatoms. The topological polar surface area (TPSA) is 71.8 Å². The molecule has 0 bridgehead atoms. The van der Waals surface area contributed by atoms with Crippen LogP contribution in [-0.4, -0.2) is 18.3 Å². The van der Waals surface area contributed by atoms with Crippen LogP contribution in [0.15, 0.2) is 0 Å². The first-order valence-electron chi connectivity index (χ1n) is 7.31. The summed E-state index contributed by atoms with van der Waals surface area (Å²) in [6.45, 7) is 4.71. The fourth-order valence-electron chi connectivity index (χ4n) is 1.88. The monoisotopic (exact) mass is 254 g/mol. The van der Waals surface area contributed by atoms with Gasteiger partial charge in [0.05, 0.1) is 5.84 Å². The average molecular weight is 254 g/mol. The number of nitrogens with one attached hydrogen (secondary N) is 4. The average Bonchev–Trinajstić information content (AvgIpc) is 2.30. The van der Waals surface area contributed by atoms with Gasteiger partial charge in [-0.15, -0.1) is 0 Å². The molecule has 0 aliphatic rings. The van der Waals surface area contributed by atoms with Gasteiger partial charge in [0, 0.05) is 6.54 Å². The van der Waals surface area contributed by atoms with Crippen LogP contribution in [0.3, 0.4) is 0 Å². The van der Waals surface area contributed by atoms with Crippen molar-refractivity contribution in [2.75, 3.05) is 6.54 Å². The number of rotatable bonds is 10. The van der Waals surface area contributed by atoms with Crippen LogP contribution in [0.4, 0.5) is 0 Å². The Morgan fingerprint density at radius 3 is 1.83 bits per heavy atom. The van der Waals surface area contributed by atoms with E-state index in [4.69, 9.17) is 10.8 Å². The van der Waals surface area contributed by atoms with Gasteiger partial charge >= 0.3 is 0 Å². The molecule has 0 aliphatic heterocycles. The molecule has 0 rings (SSSR count). The fraction of sp³-hybridized carbons (Fsp3) is 0.857. The molecule has 0 amide bonds. The van der Waals surface area contributed by atoms with Gasteiger partial charge in [0.25, 0.3) is 0 Å². The fourth-order valence-corrected chi connectivity index (χ4v) is 1.88. The molecule has 0 heterocycles. The van der Waals surface area contributed by atoms with E-state index >= 15 is 0 Å². The zero-order valence-corrected chi connectivity index (χ0v) is 12.1. The minimum atomic E-state index is 0.238. The van der Waals surface area contributed by atoms with Gasteiger partial charge in [-0.25, -0.2) is 0 Å². The standard InChI is InChI=1S/C14H30N4/c1-3-4-5-6-7-8-9-10-11-12-17-14(16)18-13(2)15/h3-12H2,1-2H3,(H4,15,16,17,18). The SMILES string of the molecule is CCCCCCCCCCCNC(=N)NC(C)=N. The van der Waals surface area contributed by atoms with Crippen molar-refractivity contribution < 1.29 is 0 Å². The Morgan fingerprint density at radius 1 is 0.833 bits per heavy atom. The van der Waals surface area contributed by atoms with Gasteiger partial charge in [0.2, 0.25) is 0 Å². The lowest BCUT2D eigenvalue weighted by molar-refractivity contribution is 0.562. The minimum absolute atomic E-state index is 0.238. The molecule has 0 aliphatic carbocycles. The predicted octanol–water partition coefficient (Wildman–Crippen LogP) is 3.63. The molecule has 4 N–H and O–H groups in total. The Hall–Kier alpha value is -1.06. The van der Waals surface area contributed by atoms with E-state index in [9.17, 15) is 0 Å². The zero-order valence-electron chi connectivity index (χ0n) is 12.1. The van der Waals surface area contributed by atoms with E-state index in [2.05, 4.69) is 17.6 Å². The lowest BCUT2D eigenvalue weighted by Gasteiger charge is -2.08. The van der Waals surface area contributed by atoms with Crippen LogP contribution >= 0.6 is 0 Å². The predicted molar refractivity (Wildman–Crippen MR) is 79.5 cm³/mol. The Morgan fingerprint density at radius 2 is 1.33 bits per heavy atom. The molecule has 18 heavy (non-hydrogen) atoms. The third-order valence-corrected chi connectivity index (χ3v) is 2.89. The van der Waals surface area contributed by atoms with Crippen molar-refractivity contribution >= 4 is 11.8 Å². The Kier molecular flexibility index (Phi) is 11.7. The van der Waals surface area contributed by atoms with Crippen molar-refractivity contribution in [3.05, 3.63) is 0 Å². The van der Waals surface area contributed by atoms with E-state index in [1.165, 1.54) is 51.4 Å². The lowest BCUT2D eigenvalue weighted by Crippen LogP contribution is -2.39. The number of unbranched alkanes of at least 4 members (excludes halogenated alkanes) is 8. The summed E-state index contributed by atoms with van der Waals surface area (Å²) >= 11 is 0. The normalized spacial score (nSPS) is 10.1. The summed E-state index contributed by atoms with van der Waals surface area (Å²) in [6.07, 6.45) is 11.8. The third kappa shape index (κ3) is 13.0. The Bertz CT molecular complexity index is 226. The summed E-state index contributed by atoms with van der Waals surface area (Å²) in [5.74, 6) is 0.543. The maximum Gasteiger partial charge on any atom is 0.193 e. The molecule has 0 saturated carbocycles. The maximum atomic E-state index is 7.47. The van der Waals surface area contributed by atoms with E-state index < -0.39 is 0 Å². The molecule has 0 spiro atoms. The second kappa shape index (κ2) is 12.4. The Balaban J connectivity index is 3.11. The second-order valence-electron chi connectivity index (χ2n) is 4.88. The summed E-state index contributed by atoms with van der Waals surface area (Å²) in [5, 5.41) is 20.2. The molecular formula is C14H30N4. The van der Waals surface area contributed by atoms with Gasteiger partial charge in [-0.2, -0.15) is 0 Å². The van der Waals surface area contributed by atoms with Gasteiger partial charge in [0.15, 0.2) is 5.96 Å². The first-order chi connectivity index (χ1) is 8.66. The quantitative estimate of drug-likeness (QED) is 0.273. The molecule has 0 radical (unpaired) electrons. The Labute approximate surface area is 112 Å². The van der Waals surface area contributed by atoms with Gasteiger partial charge in [0.1, 0.15) is 0 Å². The van der Waals surface area contributed by atoms with Crippen LogP contribution in [0, 0.1) is 10.8 Å². The van der Waals surface area contributed by atoms with Gasteiger partial charge < -0.3 is 10.6 Å². The highest BCUT2D eigenvalue weighted by Crippen LogP contribution is 2.09.